The quantitative estimate of drug-likeness (QED) is 0.798. The fourth-order valence-electron chi connectivity index (χ4n) is 2.37. The number of carbonyl (C=O) groups excluding carboxylic acids is 1. The van der Waals surface area contributed by atoms with Gasteiger partial charge < -0.3 is 4.90 Å². The molecule has 2 rings (SSSR count). The number of amides is 1. The molecule has 0 aromatic heterocycles. The van der Waals surface area contributed by atoms with E-state index in [1.807, 2.05) is 29.2 Å². The molecule has 0 radical (unpaired) electrons. The van der Waals surface area contributed by atoms with E-state index in [1.165, 1.54) is 0 Å². The van der Waals surface area contributed by atoms with E-state index in [-0.39, 0.29) is 11.4 Å². The summed E-state index contributed by atoms with van der Waals surface area (Å²) in [5, 5.41) is 0. The van der Waals surface area contributed by atoms with Gasteiger partial charge in [-0.2, -0.15) is 0 Å². The molecule has 1 amide bonds. The highest BCUT2D eigenvalue weighted by Gasteiger charge is 2.28. The van der Waals surface area contributed by atoms with Crippen LogP contribution in [0.15, 0.2) is 29.2 Å². The Balaban J connectivity index is 1.98. The van der Waals surface area contributed by atoms with Crippen molar-refractivity contribution in [1.29, 1.82) is 0 Å². The molecule has 0 atom stereocenters. The monoisotopic (exact) mass is 278 g/mol. The Bertz CT molecular complexity index is 442. The molecule has 1 aliphatic heterocycles. The average Bonchev–Trinajstić information content (AvgIpc) is 2.38. The van der Waals surface area contributed by atoms with Crippen molar-refractivity contribution in [2.75, 3.05) is 26.2 Å². The van der Waals surface area contributed by atoms with E-state index in [9.17, 15) is 4.79 Å². The van der Waals surface area contributed by atoms with E-state index in [4.69, 9.17) is 0 Å². The van der Waals surface area contributed by atoms with Crippen LogP contribution in [0.4, 0.5) is 0 Å². The van der Waals surface area contributed by atoms with E-state index in [1.54, 1.807) is 0 Å². The molecule has 1 aromatic carbocycles. The second-order valence-electron chi connectivity index (χ2n) is 6.00. The van der Waals surface area contributed by atoms with E-state index < -0.39 is 0 Å². The highest BCUT2D eigenvalue weighted by atomic mass is 32.1. The molecular formula is C15H22N2OS. The Kier molecular flexibility index (Phi) is 4.21. The molecule has 0 N–H and O–H groups in total. The minimum atomic E-state index is 0.127. The van der Waals surface area contributed by atoms with Crippen LogP contribution in [0.1, 0.15) is 31.1 Å². The van der Waals surface area contributed by atoms with Crippen LogP contribution in [0.3, 0.4) is 0 Å². The predicted molar refractivity (Wildman–Crippen MR) is 80.9 cm³/mol. The molecule has 0 bridgehead atoms. The van der Waals surface area contributed by atoms with E-state index in [0.717, 1.165) is 36.6 Å². The zero-order chi connectivity index (χ0) is 14.0. The van der Waals surface area contributed by atoms with Crippen molar-refractivity contribution in [3.8, 4) is 0 Å². The highest BCUT2D eigenvalue weighted by Crippen LogP contribution is 2.17. The van der Waals surface area contributed by atoms with Gasteiger partial charge in [0.05, 0.1) is 0 Å². The number of hydrogen-bond acceptors (Lipinski definition) is 3. The first-order valence-corrected chi connectivity index (χ1v) is 7.16. The van der Waals surface area contributed by atoms with Gasteiger partial charge in [0.15, 0.2) is 0 Å². The van der Waals surface area contributed by atoms with Gasteiger partial charge in [-0.15, -0.1) is 12.6 Å². The minimum Gasteiger partial charge on any atom is -0.336 e. The molecule has 1 saturated heterocycles. The fourth-order valence-corrected chi connectivity index (χ4v) is 2.52. The average molecular weight is 278 g/mol. The van der Waals surface area contributed by atoms with Gasteiger partial charge in [0.1, 0.15) is 0 Å². The number of rotatable bonds is 1. The van der Waals surface area contributed by atoms with Gasteiger partial charge in [0.25, 0.3) is 5.91 Å². The van der Waals surface area contributed by atoms with Crippen LogP contribution >= 0.6 is 12.6 Å². The smallest absolute Gasteiger partial charge is 0.253 e. The molecule has 0 spiro atoms. The first kappa shape index (κ1) is 14.4. The standard InChI is InChI=1S/C15H22N2OS/c1-15(2,3)17-10-8-16(9-11-17)14(18)12-4-6-13(19)7-5-12/h4-7,19H,8-11H2,1-3H3. The number of nitrogens with zero attached hydrogens (tertiary/aromatic N) is 2. The van der Waals surface area contributed by atoms with Gasteiger partial charge >= 0.3 is 0 Å². The van der Waals surface area contributed by atoms with Gasteiger partial charge in [0, 0.05) is 42.2 Å². The zero-order valence-corrected chi connectivity index (χ0v) is 12.8. The van der Waals surface area contributed by atoms with Gasteiger partial charge in [-0.3, -0.25) is 9.69 Å². The molecule has 1 aromatic rings. The Morgan fingerprint density at radius 2 is 1.58 bits per heavy atom. The summed E-state index contributed by atoms with van der Waals surface area (Å²) in [6, 6.07) is 7.42. The van der Waals surface area contributed by atoms with Crippen molar-refractivity contribution in [3.05, 3.63) is 29.8 Å². The largest absolute Gasteiger partial charge is 0.336 e. The molecule has 1 aliphatic rings. The lowest BCUT2D eigenvalue weighted by molar-refractivity contribution is 0.0451. The molecule has 0 aliphatic carbocycles. The summed E-state index contributed by atoms with van der Waals surface area (Å²) >= 11 is 4.24. The molecule has 0 saturated carbocycles. The van der Waals surface area contributed by atoms with Crippen molar-refractivity contribution in [3.63, 3.8) is 0 Å². The van der Waals surface area contributed by atoms with Crippen molar-refractivity contribution in [1.82, 2.24) is 9.80 Å². The molecule has 3 nitrogen and oxygen atoms in total. The fraction of sp³-hybridized carbons (Fsp3) is 0.533. The molecule has 0 unspecified atom stereocenters. The van der Waals surface area contributed by atoms with Gasteiger partial charge in [-0.05, 0) is 45.0 Å². The van der Waals surface area contributed by atoms with Crippen LogP contribution in [-0.2, 0) is 0 Å². The maximum absolute atomic E-state index is 12.3. The highest BCUT2D eigenvalue weighted by molar-refractivity contribution is 7.80. The van der Waals surface area contributed by atoms with Crippen molar-refractivity contribution >= 4 is 18.5 Å². The number of thiol groups is 1. The van der Waals surface area contributed by atoms with E-state index >= 15 is 0 Å². The Hall–Kier alpha value is -1.00. The van der Waals surface area contributed by atoms with Crippen LogP contribution in [-0.4, -0.2) is 47.4 Å². The van der Waals surface area contributed by atoms with Crippen LogP contribution in [0, 0.1) is 0 Å². The van der Waals surface area contributed by atoms with Crippen LogP contribution in [0.25, 0.3) is 0 Å². The molecule has 1 heterocycles. The molecule has 19 heavy (non-hydrogen) atoms. The maximum Gasteiger partial charge on any atom is 0.253 e. The normalized spacial score (nSPS) is 17.6. The predicted octanol–water partition coefficient (Wildman–Crippen LogP) is 2.53. The third-order valence-electron chi connectivity index (χ3n) is 3.63. The number of piperazine rings is 1. The summed E-state index contributed by atoms with van der Waals surface area (Å²) in [4.78, 5) is 17.6. The minimum absolute atomic E-state index is 0.127. The van der Waals surface area contributed by atoms with Crippen molar-refractivity contribution < 1.29 is 4.79 Å². The maximum atomic E-state index is 12.3. The molecule has 104 valence electrons. The number of carbonyl (C=O) groups is 1. The summed E-state index contributed by atoms with van der Waals surface area (Å²) in [6.45, 7) is 10.2. The van der Waals surface area contributed by atoms with Crippen LogP contribution in [0.5, 0.6) is 0 Å². The van der Waals surface area contributed by atoms with Gasteiger partial charge in [0.2, 0.25) is 0 Å². The lowest BCUT2D eigenvalue weighted by Crippen LogP contribution is -2.54. The second-order valence-corrected chi connectivity index (χ2v) is 6.51. The second kappa shape index (κ2) is 5.55. The third kappa shape index (κ3) is 3.51. The third-order valence-corrected chi connectivity index (χ3v) is 3.93. The zero-order valence-electron chi connectivity index (χ0n) is 11.9. The topological polar surface area (TPSA) is 23.6 Å². The first-order valence-electron chi connectivity index (χ1n) is 6.71. The Labute approximate surface area is 121 Å². The number of benzene rings is 1. The Morgan fingerprint density at radius 3 is 2.05 bits per heavy atom. The van der Waals surface area contributed by atoms with Crippen molar-refractivity contribution in [2.45, 2.75) is 31.2 Å². The van der Waals surface area contributed by atoms with E-state index in [2.05, 4.69) is 38.3 Å². The molecule has 4 heteroatoms. The van der Waals surface area contributed by atoms with Gasteiger partial charge in [-0.25, -0.2) is 0 Å². The number of hydrogen-bond donors (Lipinski definition) is 1. The summed E-state index contributed by atoms with van der Waals surface area (Å²) in [6.07, 6.45) is 0. The van der Waals surface area contributed by atoms with Crippen LogP contribution in [0.2, 0.25) is 0 Å². The Morgan fingerprint density at radius 1 is 1.05 bits per heavy atom. The molecule has 1 fully saturated rings. The lowest BCUT2D eigenvalue weighted by Gasteiger charge is -2.42. The summed E-state index contributed by atoms with van der Waals surface area (Å²) in [7, 11) is 0. The summed E-state index contributed by atoms with van der Waals surface area (Å²) in [5.41, 5.74) is 0.935. The first-order chi connectivity index (χ1) is 8.88. The van der Waals surface area contributed by atoms with Gasteiger partial charge in [-0.1, -0.05) is 0 Å². The SMILES string of the molecule is CC(C)(C)N1CCN(C(=O)c2ccc(S)cc2)CC1. The molecular weight excluding hydrogens is 256 g/mol. The lowest BCUT2D eigenvalue weighted by atomic mass is 10.0. The summed E-state index contributed by atoms with van der Waals surface area (Å²) in [5.74, 6) is 0.127. The van der Waals surface area contributed by atoms with Crippen LogP contribution < -0.4 is 0 Å². The van der Waals surface area contributed by atoms with Crippen molar-refractivity contribution in [2.24, 2.45) is 0 Å². The van der Waals surface area contributed by atoms with E-state index in [0.29, 0.717) is 0 Å². The summed E-state index contributed by atoms with van der Waals surface area (Å²) < 4.78 is 0.